The molecule has 5 nitrogen and oxygen atoms in total. The molecule has 0 radical (unpaired) electrons. The maximum atomic E-state index is 12.2. The van der Waals surface area contributed by atoms with Crippen LogP contribution in [0.3, 0.4) is 0 Å². The highest BCUT2D eigenvalue weighted by Crippen LogP contribution is 2.35. The van der Waals surface area contributed by atoms with Crippen LogP contribution in [0.1, 0.15) is 25.8 Å². The smallest absolute Gasteiger partial charge is 0.267 e. The van der Waals surface area contributed by atoms with Crippen LogP contribution in [0, 0.1) is 0 Å². The van der Waals surface area contributed by atoms with Crippen molar-refractivity contribution < 1.29 is 9.53 Å². The molecular formula is C14H21N3O2. The largest absolute Gasteiger partial charge is 0.479 e. The van der Waals surface area contributed by atoms with E-state index in [1.807, 2.05) is 25.1 Å². The summed E-state index contributed by atoms with van der Waals surface area (Å²) in [5.74, 6) is 0.705. The van der Waals surface area contributed by atoms with Gasteiger partial charge in [0.05, 0.1) is 5.69 Å². The fourth-order valence-corrected chi connectivity index (χ4v) is 2.14. The van der Waals surface area contributed by atoms with Crippen LogP contribution in [0.2, 0.25) is 0 Å². The monoisotopic (exact) mass is 263 g/mol. The van der Waals surface area contributed by atoms with Gasteiger partial charge >= 0.3 is 0 Å². The molecule has 19 heavy (non-hydrogen) atoms. The summed E-state index contributed by atoms with van der Waals surface area (Å²) in [6, 6.07) is 5.78. The van der Waals surface area contributed by atoms with Crippen LogP contribution in [0.15, 0.2) is 18.2 Å². The summed E-state index contributed by atoms with van der Waals surface area (Å²) in [5.41, 5.74) is 13.2. The zero-order valence-corrected chi connectivity index (χ0v) is 11.4. The van der Waals surface area contributed by atoms with Crippen molar-refractivity contribution in [3.63, 3.8) is 0 Å². The van der Waals surface area contributed by atoms with Crippen molar-refractivity contribution in [2.45, 2.75) is 39.0 Å². The first kappa shape index (κ1) is 13.8. The Morgan fingerprint density at radius 1 is 1.47 bits per heavy atom. The molecule has 2 unspecified atom stereocenters. The second kappa shape index (κ2) is 5.59. The lowest BCUT2D eigenvalue weighted by atomic mass is 10.1. The highest BCUT2D eigenvalue weighted by atomic mass is 16.5. The molecule has 1 heterocycles. The molecule has 2 atom stereocenters. The number of hydrogen-bond acceptors (Lipinski definition) is 4. The van der Waals surface area contributed by atoms with E-state index in [9.17, 15) is 4.79 Å². The Kier molecular flexibility index (Phi) is 4.07. The fourth-order valence-electron chi connectivity index (χ4n) is 2.14. The van der Waals surface area contributed by atoms with Crippen molar-refractivity contribution in [3.05, 3.63) is 23.8 Å². The second-order valence-corrected chi connectivity index (χ2v) is 5.02. The quantitative estimate of drug-likeness (QED) is 0.849. The van der Waals surface area contributed by atoms with Crippen molar-refractivity contribution in [1.82, 2.24) is 0 Å². The van der Waals surface area contributed by atoms with E-state index >= 15 is 0 Å². The summed E-state index contributed by atoms with van der Waals surface area (Å²) in [4.78, 5) is 14.0. The molecule has 2 rings (SSSR count). The second-order valence-electron chi connectivity index (χ2n) is 5.02. The lowest BCUT2D eigenvalue weighted by Gasteiger charge is -2.33. The lowest BCUT2D eigenvalue weighted by molar-refractivity contribution is -0.125. The highest BCUT2D eigenvalue weighted by Gasteiger charge is 2.31. The molecule has 0 aromatic heterocycles. The van der Waals surface area contributed by atoms with Crippen LogP contribution in [0.4, 0.5) is 5.69 Å². The van der Waals surface area contributed by atoms with E-state index in [0.29, 0.717) is 13.1 Å². The van der Waals surface area contributed by atoms with Crippen LogP contribution in [0.5, 0.6) is 5.75 Å². The number of benzene rings is 1. The fraction of sp³-hybridized carbons (Fsp3) is 0.500. The summed E-state index contributed by atoms with van der Waals surface area (Å²) < 4.78 is 5.62. The Bertz CT molecular complexity index is 474. The van der Waals surface area contributed by atoms with Gasteiger partial charge in [-0.1, -0.05) is 6.07 Å². The number of ether oxygens (including phenoxy) is 1. The number of amides is 1. The molecule has 104 valence electrons. The minimum Gasteiger partial charge on any atom is -0.479 e. The Morgan fingerprint density at radius 2 is 2.21 bits per heavy atom. The molecule has 1 aliphatic rings. The Hall–Kier alpha value is -1.59. The first-order chi connectivity index (χ1) is 9.02. The number of fused-ring (bicyclic) bond motifs is 1. The number of rotatable bonds is 4. The highest BCUT2D eigenvalue weighted by molar-refractivity contribution is 5.99. The third kappa shape index (κ3) is 2.88. The van der Waals surface area contributed by atoms with Gasteiger partial charge in [0.25, 0.3) is 5.91 Å². The van der Waals surface area contributed by atoms with Crippen LogP contribution in [-0.2, 0) is 11.3 Å². The molecular weight excluding hydrogens is 242 g/mol. The van der Waals surface area contributed by atoms with Crippen molar-refractivity contribution >= 4 is 11.6 Å². The van der Waals surface area contributed by atoms with Crippen LogP contribution in [0.25, 0.3) is 0 Å². The molecule has 1 aromatic rings. The molecule has 5 heteroatoms. The van der Waals surface area contributed by atoms with Gasteiger partial charge in [-0.25, -0.2) is 0 Å². The standard InChI is InChI=1S/C14H21N3O2/c1-9(16)5-6-17-12-7-11(8-15)3-4-13(12)19-10(2)14(17)18/h3-4,7,9-10H,5-6,8,15-16H2,1-2H3. The summed E-state index contributed by atoms with van der Waals surface area (Å²) in [5, 5.41) is 0. The van der Waals surface area contributed by atoms with Gasteiger partial charge in [0.2, 0.25) is 0 Å². The number of carbonyl (C=O) groups is 1. The molecule has 1 aromatic carbocycles. The summed E-state index contributed by atoms with van der Waals surface area (Å²) in [6.45, 7) is 4.75. The number of anilines is 1. The van der Waals surface area contributed by atoms with Crippen molar-refractivity contribution in [2.24, 2.45) is 11.5 Å². The summed E-state index contributed by atoms with van der Waals surface area (Å²) in [6.07, 6.45) is 0.300. The maximum absolute atomic E-state index is 12.2. The first-order valence-corrected chi connectivity index (χ1v) is 6.59. The molecule has 4 N–H and O–H groups in total. The minimum absolute atomic E-state index is 0.0256. The number of nitrogens with zero attached hydrogens (tertiary/aromatic N) is 1. The van der Waals surface area contributed by atoms with Crippen molar-refractivity contribution in [2.75, 3.05) is 11.4 Å². The Morgan fingerprint density at radius 3 is 2.84 bits per heavy atom. The number of nitrogens with two attached hydrogens (primary N) is 2. The van der Waals surface area contributed by atoms with Crippen LogP contribution in [-0.4, -0.2) is 24.6 Å². The molecule has 0 saturated heterocycles. The number of hydrogen-bond donors (Lipinski definition) is 2. The third-order valence-corrected chi connectivity index (χ3v) is 3.28. The molecule has 0 fully saturated rings. The van der Waals surface area contributed by atoms with Crippen molar-refractivity contribution in [3.8, 4) is 5.75 Å². The van der Waals surface area contributed by atoms with Crippen LogP contribution < -0.4 is 21.1 Å². The van der Waals surface area contributed by atoms with Crippen molar-refractivity contribution in [1.29, 1.82) is 0 Å². The van der Waals surface area contributed by atoms with Gasteiger partial charge < -0.3 is 21.1 Å². The van der Waals surface area contributed by atoms with E-state index in [0.717, 1.165) is 23.4 Å². The molecule has 1 aliphatic heterocycles. The SMILES string of the molecule is CC(N)CCN1C(=O)C(C)Oc2ccc(CN)cc21. The van der Waals surface area contributed by atoms with Crippen LogP contribution >= 0.6 is 0 Å². The van der Waals surface area contributed by atoms with E-state index in [-0.39, 0.29) is 11.9 Å². The van der Waals surface area contributed by atoms with Gasteiger partial charge in [-0.15, -0.1) is 0 Å². The predicted molar refractivity (Wildman–Crippen MR) is 75.0 cm³/mol. The normalized spacial score (nSPS) is 19.9. The van der Waals surface area contributed by atoms with Gasteiger partial charge in [-0.05, 0) is 38.0 Å². The Balaban J connectivity index is 2.33. The summed E-state index contributed by atoms with van der Waals surface area (Å²) >= 11 is 0. The molecule has 1 amide bonds. The average Bonchev–Trinajstić information content (AvgIpc) is 2.38. The Labute approximate surface area is 113 Å². The molecule has 0 spiro atoms. The van der Waals surface area contributed by atoms with E-state index in [1.54, 1.807) is 11.8 Å². The topological polar surface area (TPSA) is 81.6 Å². The van der Waals surface area contributed by atoms with Gasteiger partial charge in [0, 0.05) is 19.1 Å². The van der Waals surface area contributed by atoms with E-state index in [4.69, 9.17) is 16.2 Å². The lowest BCUT2D eigenvalue weighted by Crippen LogP contribution is -2.45. The van der Waals surface area contributed by atoms with E-state index < -0.39 is 6.10 Å². The predicted octanol–water partition coefficient (Wildman–Crippen LogP) is 0.996. The molecule has 0 aliphatic carbocycles. The zero-order valence-electron chi connectivity index (χ0n) is 11.4. The van der Waals surface area contributed by atoms with Gasteiger partial charge in [0.15, 0.2) is 6.10 Å². The van der Waals surface area contributed by atoms with Gasteiger partial charge in [-0.2, -0.15) is 0 Å². The van der Waals surface area contributed by atoms with E-state index in [2.05, 4.69) is 0 Å². The summed E-state index contributed by atoms with van der Waals surface area (Å²) in [7, 11) is 0. The zero-order chi connectivity index (χ0) is 14.0. The molecule has 0 saturated carbocycles. The first-order valence-electron chi connectivity index (χ1n) is 6.59. The number of carbonyl (C=O) groups excluding carboxylic acids is 1. The minimum atomic E-state index is -0.454. The molecule has 0 bridgehead atoms. The van der Waals surface area contributed by atoms with Gasteiger partial charge in [0.1, 0.15) is 5.75 Å². The maximum Gasteiger partial charge on any atom is 0.267 e. The third-order valence-electron chi connectivity index (χ3n) is 3.28. The van der Waals surface area contributed by atoms with E-state index in [1.165, 1.54) is 0 Å². The average molecular weight is 263 g/mol. The van der Waals surface area contributed by atoms with Gasteiger partial charge in [-0.3, -0.25) is 4.79 Å².